The normalized spacial score (nSPS) is 22.5. The molecule has 0 saturated carbocycles. The maximum atomic E-state index is 11.9. The van der Waals surface area contributed by atoms with E-state index in [1.807, 2.05) is 4.90 Å². The molecule has 6 nitrogen and oxygen atoms in total. The molecule has 6 heteroatoms. The van der Waals surface area contributed by atoms with E-state index in [9.17, 15) is 9.59 Å². The molecule has 24 heavy (non-hydrogen) atoms. The van der Waals surface area contributed by atoms with Crippen LogP contribution in [0.3, 0.4) is 0 Å². The first-order valence-electron chi connectivity index (χ1n) is 9.71. The predicted octanol–water partition coefficient (Wildman–Crippen LogP) is 1.81. The number of hydrogen-bond acceptors (Lipinski definition) is 3. The van der Waals surface area contributed by atoms with Crippen LogP contribution in [0.15, 0.2) is 0 Å². The van der Waals surface area contributed by atoms with Crippen LogP contribution in [0.2, 0.25) is 0 Å². The Morgan fingerprint density at radius 2 is 2.04 bits per heavy atom. The molecule has 2 N–H and O–H groups in total. The predicted molar refractivity (Wildman–Crippen MR) is 95.9 cm³/mol. The average molecular weight is 338 g/mol. The number of rotatable bonds is 8. The van der Waals surface area contributed by atoms with E-state index < -0.39 is 0 Å². The van der Waals surface area contributed by atoms with E-state index in [2.05, 4.69) is 22.5 Å². The molecule has 0 radical (unpaired) electrons. The van der Waals surface area contributed by atoms with Crippen molar-refractivity contribution >= 4 is 11.9 Å². The third kappa shape index (κ3) is 6.67. The Bertz CT molecular complexity index is 402. The molecule has 2 saturated heterocycles. The lowest BCUT2D eigenvalue weighted by atomic mass is 10.1. The highest BCUT2D eigenvalue weighted by Gasteiger charge is 2.22. The summed E-state index contributed by atoms with van der Waals surface area (Å²) in [5.41, 5.74) is 0. The smallest absolute Gasteiger partial charge is 0.314 e. The van der Waals surface area contributed by atoms with E-state index in [-0.39, 0.29) is 11.9 Å². The number of amides is 3. The molecule has 2 heterocycles. The fraction of sp³-hybridized carbons (Fsp3) is 0.889. The Kier molecular flexibility index (Phi) is 8.36. The van der Waals surface area contributed by atoms with Gasteiger partial charge in [0.1, 0.15) is 0 Å². The Morgan fingerprint density at radius 3 is 2.88 bits per heavy atom. The van der Waals surface area contributed by atoms with Crippen molar-refractivity contribution in [3.05, 3.63) is 0 Å². The van der Waals surface area contributed by atoms with Gasteiger partial charge in [-0.1, -0.05) is 13.3 Å². The van der Waals surface area contributed by atoms with Crippen molar-refractivity contribution in [2.45, 2.75) is 51.9 Å². The fourth-order valence-electron chi connectivity index (χ4n) is 3.65. The molecule has 0 spiro atoms. The minimum absolute atomic E-state index is 0.0777. The standard InChI is InChI=1S/C18H34N4O2/c1-2-10-21-13-8-16(15-21)14-20-18(24)19-9-6-12-22-11-5-3-4-7-17(22)23/h16H,2-15H2,1H3,(H2,19,20,24). The molecule has 0 bridgehead atoms. The molecule has 0 aromatic heterocycles. The Hall–Kier alpha value is -1.30. The summed E-state index contributed by atoms with van der Waals surface area (Å²) >= 11 is 0. The number of carbonyl (C=O) groups is 2. The van der Waals surface area contributed by atoms with Crippen LogP contribution in [-0.4, -0.2) is 67.6 Å². The van der Waals surface area contributed by atoms with Gasteiger partial charge >= 0.3 is 6.03 Å². The molecular formula is C18H34N4O2. The lowest BCUT2D eigenvalue weighted by molar-refractivity contribution is -0.130. The molecule has 0 aliphatic carbocycles. The van der Waals surface area contributed by atoms with Gasteiger partial charge in [0.05, 0.1) is 0 Å². The number of likely N-dealkylation sites (tertiary alicyclic amines) is 2. The molecule has 2 aliphatic heterocycles. The lowest BCUT2D eigenvalue weighted by Gasteiger charge is -2.20. The monoisotopic (exact) mass is 338 g/mol. The molecule has 138 valence electrons. The van der Waals surface area contributed by atoms with Gasteiger partial charge in [-0.05, 0) is 51.1 Å². The first kappa shape index (κ1) is 19.0. The highest BCUT2D eigenvalue weighted by atomic mass is 16.2. The number of urea groups is 1. The van der Waals surface area contributed by atoms with E-state index in [0.717, 1.165) is 65.0 Å². The van der Waals surface area contributed by atoms with Gasteiger partial charge in [0.2, 0.25) is 5.91 Å². The molecule has 0 aromatic carbocycles. The molecule has 0 aromatic rings. The second kappa shape index (κ2) is 10.5. The highest BCUT2D eigenvalue weighted by molar-refractivity contribution is 5.76. The SMILES string of the molecule is CCCN1CCC(CNC(=O)NCCCN2CCCCCC2=O)C1. The number of nitrogens with one attached hydrogen (secondary N) is 2. The van der Waals surface area contributed by atoms with Crippen LogP contribution in [0.5, 0.6) is 0 Å². The van der Waals surface area contributed by atoms with Gasteiger partial charge in [-0.3, -0.25) is 4.79 Å². The van der Waals surface area contributed by atoms with Crippen LogP contribution < -0.4 is 10.6 Å². The summed E-state index contributed by atoms with van der Waals surface area (Å²) in [5, 5.41) is 5.90. The quantitative estimate of drug-likeness (QED) is 0.664. The molecule has 2 rings (SSSR count). The zero-order chi connectivity index (χ0) is 17.2. The van der Waals surface area contributed by atoms with Crippen LogP contribution in [0.1, 0.15) is 51.9 Å². The van der Waals surface area contributed by atoms with Crippen molar-refractivity contribution in [3.63, 3.8) is 0 Å². The van der Waals surface area contributed by atoms with Gasteiger partial charge in [-0.25, -0.2) is 4.79 Å². The second-order valence-corrected chi connectivity index (χ2v) is 7.14. The minimum atomic E-state index is -0.0777. The maximum Gasteiger partial charge on any atom is 0.314 e. The largest absolute Gasteiger partial charge is 0.343 e. The van der Waals surface area contributed by atoms with Crippen molar-refractivity contribution in [1.82, 2.24) is 20.4 Å². The number of nitrogens with zero attached hydrogens (tertiary/aromatic N) is 2. The zero-order valence-corrected chi connectivity index (χ0v) is 15.2. The van der Waals surface area contributed by atoms with Crippen LogP contribution in [0.4, 0.5) is 4.79 Å². The Morgan fingerprint density at radius 1 is 1.17 bits per heavy atom. The van der Waals surface area contributed by atoms with Gasteiger partial charge in [0.15, 0.2) is 0 Å². The van der Waals surface area contributed by atoms with Crippen molar-refractivity contribution in [1.29, 1.82) is 0 Å². The fourth-order valence-corrected chi connectivity index (χ4v) is 3.65. The summed E-state index contributed by atoms with van der Waals surface area (Å²) in [4.78, 5) is 28.2. The van der Waals surface area contributed by atoms with Crippen molar-refractivity contribution in [2.75, 3.05) is 45.8 Å². The van der Waals surface area contributed by atoms with E-state index in [1.54, 1.807) is 0 Å². The molecule has 3 amide bonds. The van der Waals surface area contributed by atoms with Crippen LogP contribution in [-0.2, 0) is 4.79 Å². The van der Waals surface area contributed by atoms with Crippen molar-refractivity contribution in [3.8, 4) is 0 Å². The summed E-state index contributed by atoms with van der Waals surface area (Å²) < 4.78 is 0. The molecular weight excluding hydrogens is 304 g/mol. The summed E-state index contributed by atoms with van der Waals surface area (Å²) in [5.74, 6) is 0.854. The molecule has 2 fully saturated rings. The Labute approximate surface area is 146 Å². The second-order valence-electron chi connectivity index (χ2n) is 7.14. The van der Waals surface area contributed by atoms with E-state index in [1.165, 1.54) is 12.8 Å². The Balaban J connectivity index is 1.51. The summed E-state index contributed by atoms with van der Waals surface area (Å²) in [6, 6.07) is -0.0777. The van der Waals surface area contributed by atoms with Crippen molar-refractivity contribution < 1.29 is 9.59 Å². The maximum absolute atomic E-state index is 11.9. The minimum Gasteiger partial charge on any atom is -0.343 e. The van der Waals surface area contributed by atoms with Crippen molar-refractivity contribution in [2.24, 2.45) is 5.92 Å². The molecule has 2 aliphatic rings. The van der Waals surface area contributed by atoms with Gasteiger partial charge in [-0.15, -0.1) is 0 Å². The van der Waals surface area contributed by atoms with E-state index in [0.29, 0.717) is 18.9 Å². The zero-order valence-electron chi connectivity index (χ0n) is 15.2. The van der Waals surface area contributed by atoms with Gasteiger partial charge in [-0.2, -0.15) is 0 Å². The van der Waals surface area contributed by atoms with Gasteiger partial charge in [0.25, 0.3) is 0 Å². The molecule has 1 atom stereocenters. The van der Waals surface area contributed by atoms with Crippen LogP contribution in [0.25, 0.3) is 0 Å². The van der Waals surface area contributed by atoms with E-state index >= 15 is 0 Å². The average Bonchev–Trinajstić information content (AvgIpc) is 2.92. The number of carbonyl (C=O) groups excluding carboxylic acids is 2. The number of hydrogen-bond donors (Lipinski definition) is 2. The summed E-state index contributed by atoms with van der Waals surface area (Å²) in [7, 11) is 0. The third-order valence-electron chi connectivity index (χ3n) is 5.02. The van der Waals surface area contributed by atoms with Gasteiger partial charge < -0.3 is 20.4 Å². The first-order valence-corrected chi connectivity index (χ1v) is 9.71. The lowest BCUT2D eigenvalue weighted by Crippen LogP contribution is -2.40. The van der Waals surface area contributed by atoms with Crippen LogP contribution in [0, 0.1) is 5.92 Å². The van der Waals surface area contributed by atoms with E-state index in [4.69, 9.17) is 0 Å². The van der Waals surface area contributed by atoms with Crippen LogP contribution >= 0.6 is 0 Å². The topological polar surface area (TPSA) is 64.7 Å². The highest BCUT2D eigenvalue weighted by Crippen LogP contribution is 2.15. The molecule has 1 unspecified atom stereocenters. The summed E-state index contributed by atoms with van der Waals surface area (Å²) in [6.45, 7) is 8.65. The summed E-state index contributed by atoms with van der Waals surface area (Å²) in [6.07, 6.45) is 7.16. The van der Waals surface area contributed by atoms with Gasteiger partial charge in [0, 0.05) is 39.1 Å². The first-order chi connectivity index (χ1) is 11.7. The third-order valence-corrected chi connectivity index (χ3v) is 5.02.